The number of aryl methyl sites for hydroxylation is 1. The summed E-state index contributed by atoms with van der Waals surface area (Å²) in [4.78, 5) is 30.2. The number of rotatable bonds is 7. The minimum absolute atomic E-state index is 0.0793. The van der Waals surface area contributed by atoms with Gasteiger partial charge in [-0.3, -0.25) is 14.5 Å². The molecule has 31 heavy (non-hydrogen) atoms. The molecule has 1 fully saturated rings. The van der Waals surface area contributed by atoms with Gasteiger partial charge in [0.1, 0.15) is 5.82 Å². The summed E-state index contributed by atoms with van der Waals surface area (Å²) >= 11 is 0. The summed E-state index contributed by atoms with van der Waals surface area (Å²) in [5, 5.41) is 10.2. The van der Waals surface area contributed by atoms with Gasteiger partial charge in [0, 0.05) is 45.5 Å². The summed E-state index contributed by atoms with van der Waals surface area (Å²) in [5.74, 6) is 1.41. The van der Waals surface area contributed by atoms with Gasteiger partial charge in [-0.05, 0) is 42.5 Å². The van der Waals surface area contributed by atoms with Crippen LogP contribution in [-0.4, -0.2) is 65.0 Å². The number of amides is 1. The van der Waals surface area contributed by atoms with Gasteiger partial charge < -0.3 is 15.3 Å². The highest BCUT2D eigenvalue weighted by atomic mass is 16.3. The molecule has 2 N–H and O–H groups in total. The second-order valence-corrected chi connectivity index (χ2v) is 8.11. The van der Waals surface area contributed by atoms with E-state index in [9.17, 15) is 4.79 Å². The molecule has 1 aromatic heterocycles. The van der Waals surface area contributed by atoms with Crippen molar-refractivity contribution in [3.63, 3.8) is 0 Å². The normalized spacial score (nSPS) is 14.0. The standard InChI is InChI=1S/C23H32N4O.CH2O2/c1-18(2)10-12-25-22-21(9-6-11-24-22)23(28)27-15-13-26(14-16-27)17-20-8-5-4-7-19(20)3;2-1-3/h4-9,11,18H,10,12-17H2,1-3H3,(H,24,25);1H,(H,2,3). The maximum Gasteiger partial charge on any atom is 0.290 e. The molecule has 1 aromatic carbocycles. The van der Waals surface area contributed by atoms with Crippen molar-refractivity contribution < 1.29 is 14.7 Å². The minimum Gasteiger partial charge on any atom is -0.483 e. The Balaban J connectivity index is 0.00000107. The number of pyridine rings is 1. The van der Waals surface area contributed by atoms with Gasteiger partial charge in [0.15, 0.2) is 0 Å². The number of carbonyl (C=O) groups is 2. The van der Waals surface area contributed by atoms with Crippen molar-refractivity contribution in [1.29, 1.82) is 0 Å². The van der Waals surface area contributed by atoms with E-state index in [1.165, 1.54) is 11.1 Å². The number of carboxylic acid groups (broad SMARTS) is 1. The summed E-state index contributed by atoms with van der Waals surface area (Å²) in [6, 6.07) is 12.2. The van der Waals surface area contributed by atoms with Crippen LogP contribution in [-0.2, 0) is 11.3 Å². The van der Waals surface area contributed by atoms with Crippen LogP contribution in [0.5, 0.6) is 0 Å². The van der Waals surface area contributed by atoms with E-state index >= 15 is 0 Å². The number of anilines is 1. The highest BCUT2D eigenvalue weighted by molar-refractivity contribution is 5.98. The third kappa shape index (κ3) is 7.68. The number of benzene rings is 1. The molecule has 1 aliphatic heterocycles. The molecule has 1 amide bonds. The fourth-order valence-corrected chi connectivity index (χ4v) is 3.51. The van der Waals surface area contributed by atoms with Crippen LogP contribution < -0.4 is 5.32 Å². The zero-order valence-electron chi connectivity index (χ0n) is 18.8. The Bertz CT molecular complexity index is 833. The van der Waals surface area contributed by atoms with Gasteiger partial charge in [-0.25, -0.2) is 4.98 Å². The van der Waals surface area contributed by atoms with E-state index in [1.54, 1.807) is 6.20 Å². The lowest BCUT2D eigenvalue weighted by Gasteiger charge is -2.35. The first-order valence-corrected chi connectivity index (χ1v) is 10.8. The number of hydrogen-bond acceptors (Lipinski definition) is 5. The molecule has 1 saturated heterocycles. The number of aromatic nitrogens is 1. The smallest absolute Gasteiger partial charge is 0.290 e. The molecule has 1 aliphatic rings. The molecule has 3 rings (SSSR count). The fourth-order valence-electron chi connectivity index (χ4n) is 3.51. The van der Waals surface area contributed by atoms with Crippen LogP contribution in [0.25, 0.3) is 0 Å². The van der Waals surface area contributed by atoms with Crippen molar-refractivity contribution in [2.75, 3.05) is 38.0 Å². The SMILES string of the molecule is Cc1ccccc1CN1CCN(C(=O)c2cccnc2NCCC(C)C)CC1.O=CO. The second kappa shape index (κ2) is 12.7. The van der Waals surface area contributed by atoms with Crippen LogP contribution in [0, 0.1) is 12.8 Å². The Morgan fingerprint density at radius 2 is 1.84 bits per heavy atom. The van der Waals surface area contributed by atoms with E-state index in [0.29, 0.717) is 17.3 Å². The summed E-state index contributed by atoms with van der Waals surface area (Å²) < 4.78 is 0. The fraction of sp³-hybridized carbons (Fsp3) is 0.458. The van der Waals surface area contributed by atoms with Gasteiger partial charge >= 0.3 is 0 Å². The van der Waals surface area contributed by atoms with Crippen LogP contribution in [0.15, 0.2) is 42.6 Å². The number of carbonyl (C=O) groups excluding carboxylic acids is 1. The first-order valence-electron chi connectivity index (χ1n) is 10.8. The predicted molar refractivity (Wildman–Crippen MR) is 123 cm³/mol. The molecule has 0 radical (unpaired) electrons. The molecule has 0 atom stereocenters. The van der Waals surface area contributed by atoms with Crippen LogP contribution >= 0.6 is 0 Å². The third-order valence-corrected chi connectivity index (χ3v) is 5.37. The lowest BCUT2D eigenvalue weighted by molar-refractivity contribution is -0.122. The van der Waals surface area contributed by atoms with Gasteiger partial charge in [0.05, 0.1) is 5.56 Å². The zero-order chi connectivity index (χ0) is 22.6. The van der Waals surface area contributed by atoms with E-state index < -0.39 is 0 Å². The number of piperazine rings is 1. The van der Waals surface area contributed by atoms with Crippen LogP contribution in [0.4, 0.5) is 5.82 Å². The zero-order valence-corrected chi connectivity index (χ0v) is 18.8. The van der Waals surface area contributed by atoms with E-state index in [1.807, 2.05) is 17.0 Å². The van der Waals surface area contributed by atoms with Crippen molar-refractivity contribution in [3.05, 3.63) is 59.3 Å². The molecule has 7 nitrogen and oxygen atoms in total. The van der Waals surface area contributed by atoms with Gasteiger partial charge in [0.25, 0.3) is 12.4 Å². The van der Waals surface area contributed by atoms with Gasteiger partial charge in [-0.1, -0.05) is 38.1 Å². The Kier molecular flexibility index (Phi) is 9.97. The van der Waals surface area contributed by atoms with Crippen LogP contribution in [0.3, 0.4) is 0 Å². The summed E-state index contributed by atoms with van der Waals surface area (Å²) in [6.07, 6.45) is 2.80. The number of hydrogen-bond donors (Lipinski definition) is 2. The Morgan fingerprint density at radius 1 is 1.16 bits per heavy atom. The van der Waals surface area contributed by atoms with Crippen molar-refractivity contribution in [1.82, 2.24) is 14.8 Å². The predicted octanol–water partition coefficient (Wildman–Crippen LogP) is 3.51. The minimum atomic E-state index is -0.250. The third-order valence-electron chi connectivity index (χ3n) is 5.37. The molecule has 168 valence electrons. The maximum absolute atomic E-state index is 13.1. The van der Waals surface area contributed by atoms with E-state index in [2.05, 4.69) is 60.2 Å². The van der Waals surface area contributed by atoms with Crippen molar-refractivity contribution in [2.45, 2.75) is 33.7 Å². The van der Waals surface area contributed by atoms with E-state index in [0.717, 1.165) is 45.7 Å². The maximum atomic E-state index is 13.1. The Labute approximate surface area is 185 Å². The van der Waals surface area contributed by atoms with E-state index in [-0.39, 0.29) is 12.4 Å². The highest BCUT2D eigenvalue weighted by Crippen LogP contribution is 2.18. The van der Waals surface area contributed by atoms with Crippen LogP contribution in [0.2, 0.25) is 0 Å². The highest BCUT2D eigenvalue weighted by Gasteiger charge is 2.24. The first-order chi connectivity index (χ1) is 15.0. The largest absolute Gasteiger partial charge is 0.483 e. The van der Waals surface area contributed by atoms with Crippen molar-refractivity contribution in [2.24, 2.45) is 5.92 Å². The molecular formula is C24H34N4O3. The Hall–Kier alpha value is -2.93. The van der Waals surface area contributed by atoms with Crippen LogP contribution in [0.1, 0.15) is 41.8 Å². The molecule has 0 saturated carbocycles. The molecule has 0 unspecified atom stereocenters. The lowest BCUT2D eigenvalue weighted by atomic mass is 10.1. The topological polar surface area (TPSA) is 85.8 Å². The molecular weight excluding hydrogens is 392 g/mol. The second-order valence-electron chi connectivity index (χ2n) is 8.11. The average Bonchev–Trinajstić information content (AvgIpc) is 2.76. The quantitative estimate of drug-likeness (QED) is 0.659. The summed E-state index contributed by atoms with van der Waals surface area (Å²) in [7, 11) is 0. The van der Waals surface area contributed by atoms with Gasteiger partial charge in [-0.15, -0.1) is 0 Å². The molecule has 0 aliphatic carbocycles. The summed E-state index contributed by atoms with van der Waals surface area (Å²) in [5.41, 5.74) is 3.37. The molecule has 0 bridgehead atoms. The van der Waals surface area contributed by atoms with Gasteiger partial charge in [-0.2, -0.15) is 0 Å². The number of nitrogens with zero attached hydrogens (tertiary/aromatic N) is 3. The van der Waals surface area contributed by atoms with E-state index in [4.69, 9.17) is 9.90 Å². The lowest BCUT2D eigenvalue weighted by Crippen LogP contribution is -2.48. The molecule has 2 heterocycles. The average molecular weight is 427 g/mol. The first kappa shape index (κ1) is 24.3. The van der Waals surface area contributed by atoms with Crippen molar-refractivity contribution >= 4 is 18.2 Å². The molecule has 0 spiro atoms. The van der Waals surface area contributed by atoms with Gasteiger partial charge in [0.2, 0.25) is 0 Å². The Morgan fingerprint density at radius 3 is 2.48 bits per heavy atom. The summed E-state index contributed by atoms with van der Waals surface area (Å²) in [6.45, 7) is 11.4. The molecule has 2 aromatic rings. The molecule has 7 heteroatoms. The number of nitrogens with one attached hydrogen (secondary N) is 1. The monoisotopic (exact) mass is 426 g/mol. The van der Waals surface area contributed by atoms with Crippen molar-refractivity contribution in [3.8, 4) is 0 Å².